The lowest BCUT2D eigenvalue weighted by Crippen LogP contribution is -2.38. The number of rotatable bonds is 8. The Morgan fingerprint density at radius 2 is 2.00 bits per heavy atom. The minimum Gasteiger partial charge on any atom is -0.460 e. The number of amidine groups is 1. The Hall–Kier alpha value is -2.65. The van der Waals surface area contributed by atoms with Crippen LogP contribution >= 0.6 is 11.8 Å². The van der Waals surface area contributed by atoms with Crippen LogP contribution < -0.4 is 5.32 Å². The standard InChI is InChI=1S/C22H24FN3O4S/c1-13-19(21(28)30-10-9-29-2)20(14-3-5-15(23)6-4-14)26-17(12-31-22(26)24-13)11-18(27)25-16-7-8-16/h3-6,12,16,20H,7-11H2,1-2H3,(H,25,27)/t20-/m0/s1. The van der Waals surface area contributed by atoms with Gasteiger partial charge in [0.25, 0.3) is 0 Å². The molecule has 1 amide bonds. The highest BCUT2D eigenvalue weighted by Crippen LogP contribution is 2.44. The van der Waals surface area contributed by atoms with Crippen LogP contribution in [0.1, 0.15) is 37.8 Å². The number of halogens is 1. The number of aliphatic imine (C=N–C) groups is 1. The van der Waals surface area contributed by atoms with E-state index in [1.807, 2.05) is 10.3 Å². The topological polar surface area (TPSA) is 80.2 Å². The number of carbonyl (C=O) groups excluding carboxylic acids is 2. The van der Waals surface area contributed by atoms with Gasteiger partial charge in [-0.15, -0.1) is 0 Å². The molecular weight excluding hydrogens is 421 g/mol. The van der Waals surface area contributed by atoms with Crippen LogP contribution in [0.3, 0.4) is 0 Å². The highest BCUT2D eigenvalue weighted by Gasteiger charge is 2.41. The molecular formula is C22H24FN3O4S. The normalized spacial score (nSPS) is 20.2. The fourth-order valence-electron chi connectivity index (χ4n) is 3.56. The van der Waals surface area contributed by atoms with Gasteiger partial charge >= 0.3 is 5.97 Å². The van der Waals surface area contributed by atoms with E-state index in [1.54, 1.807) is 19.1 Å². The fraction of sp³-hybridized carbons (Fsp3) is 0.409. The van der Waals surface area contributed by atoms with Gasteiger partial charge < -0.3 is 19.7 Å². The van der Waals surface area contributed by atoms with E-state index in [1.165, 1.54) is 31.0 Å². The Kier molecular flexibility index (Phi) is 6.43. The minimum absolute atomic E-state index is 0.0658. The van der Waals surface area contributed by atoms with Gasteiger partial charge in [-0.05, 0) is 42.9 Å². The van der Waals surface area contributed by atoms with Crippen molar-refractivity contribution in [3.63, 3.8) is 0 Å². The lowest BCUT2D eigenvalue weighted by Gasteiger charge is -2.36. The van der Waals surface area contributed by atoms with E-state index in [2.05, 4.69) is 10.3 Å². The molecule has 2 aliphatic heterocycles. The van der Waals surface area contributed by atoms with Gasteiger partial charge in [-0.3, -0.25) is 4.79 Å². The Bertz CT molecular complexity index is 969. The maximum absolute atomic E-state index is 13.6. The monoisotopic (exact) mass is 445 g/mol. The number of amides is 1. The average molecular weight is 446 g/mol. The molecule has 4 rings (SSSR count). The van der Waals surface area contributed by atoms with Crippen molar-refractivity contribution in [2.24, 2.45) is 4.99 Å². The molecule has 0 saturated heterocycles. The lowest BCUT2D eigenvalue weighted by molar-refractivity contribution is -0.141. The van der Waals surface area contributed by atoms with Crippen molar-refractivity contribution in [2.75, 3.05) is 20.3 Å². The number of benzene rings is 1. The summed E-state index contributed by atoms with van der Waals surface area (Å²) in [6.07, 6.45) is 2.19. The van der Waals surface area contributed by atoms with Crippen LogP contribution in [-0.2, 0) is 19.1 Å². The summed E-state index contributed by atoms with van der Waals surface area (Å²) < 4.78 is 24.0. The smallest absolute Gasteiger partial charge is 0.338 e. The number of hydrogen-bond donors (Lipinski definition) is 1. The first-order valence-electron chi connectivity index (χ1n) is 10.1. The van der Waals surface area contributed by atoms with Gasteiger partial charge in [0, 0.05) is 18.8 Å². The minimum atomic E-state index is -0.571. The molecule has 1 aliphatic carbocycles. The first-order chi connectivity index (χ1) is 15.0. The zero-order valence-electron chi connectivity index (χ0n) is 17.4. The molecule has 0 unspecified atom stereocenters. The number of allylic oxidation sites excluding steroid dienone is 1. The molecule has 1 atom stereocenters. The van der Waals surface area contributed by atoms with Crippen LogP contribution in [0, 0.1) is 5.82 Å². The van der Waals surface area contributed by atoms with Gasteiger partial charge in [0.2, 0.25) is 5.91 Å². The molecule has 0 bridgehead atoms. The van der Waals surface area contributed by atoms with Crippen LogP contribution in [0.2, 0.25) is 0 Å². The average Bonchev–Trinajstić information content (AvgIpc) is 3.47. The summed E-state index contributed by atoms with van der Waals surface area (Å²) >= 11 is 1.40. The molecule has 7 nitrogen and oxygen atoms in total. The van der Waals surface area contributed by atoms with Crippen LogP contribution in [0.5, 0.6) is 0 Å². The molecule has 0 aromatic heterocycles. The number of fused-ring (bicyclic) bond motifs is 1. The number of hydrogen-bond acceptors (Lipinski definition) is 7. The number of carbonyl (C=O) groups is 2. The van der Waals surface area contributed by atoms with Crippen molar-refractivity contribution in [3.8, 4) is 0 Å². The highest BCUT2D eigenvalue weighted by atomic mass is 32.2. The van der Waals surface area contributed by atoms with E-state index in [0.29, 0.717) is 22.0 Å². The molecule has 1 aromatic rings. The number of nitrogens with one attached hydrogen (secondary N) is 1. The summed E-state index contributed by atoms with van der Waals surface area (Å²) in [6.45, 7) is 2.14. The molecule has 3 aliphatic rings. The largest absolute Gasteiger partial charge is 0.460 e. The fourth-order valence-corrected chi connectivity index (χ4v) is 4.52. The maximum atomic E-state index is 13.6. The zero-order valence-corrected chi connectivity index (χ0v) is 18.2. The molecule has 0 spiro atoms. The van der Waals surface area contributed by atoms with Crippen molar-refractivity contribution in [3.05, 3.63) is 58.0 Å². The first kappa shape index (κ1) is 21.6. The summed E-state index contributed by atoms with van der Waals surface area (Å²) in [5, 5.41) is 5.55. The van der Waals surface area contributed by atoms with Crippen LogP contribution in [0.15, 0.2) is 51.6 Å². The van der Waals surface area contributed by atoms with Crippen molar-refractivity contribution in [2.45, 2.75) is 38.3 Å². The molecule has 31 heavy (non-hydrogen) atoms. The van der Waals surface area contributed by atoms with E-state index < -0.39 is 12.0 Å². The molecule has 164 valence electrons. The highest BCUT2D eigenvalue weighted by molar-refractivity contribution is 8.16. The van der Waals surface area contributed by atoms with Gasteiger partial charge in [0.05, 0.1) is 30.3 Å². The van der Waals surface area contributed by atoms with E-state index >= 15 is 0 Å². The van der Waals surface area contributed by atoms with Gasteiger partial charge in [0.1, 0.15) is 12.4 Å². The second-order valence-electron chi connectivity index (χ2n) is 7.59. The molecule has 9 heteroatoms. The summed E-state index contributed by atoms with van der Waals surface area (Å²) in [5.41, 5.74) is 2.35. The molecule has 1 fully saturated rings. The second-order valence-corrected chi connectivity index (χ2v) is 8.43. The van der Waals surface area contributed by atoms with E-state index in [-0.39, 0.29) is 37.4 Å². The van der Waals surface area contributed by atoms with Gasteiger partial charge in [0.15, 0.2) is 5.17 Å². The van der Waals surface area contributed by atoms with Crippen molar-refractivity contribution < 1.29 is 23.5 Å². The molecule has 1 saturated carbocycles. The number of thioether (sulfide) groups is 1. The predicted octanol–water partition coefficient (Wildman–Crippen LogP) is 3.26. The van der Waals surface area contributed by atoms with E-state index in [9.17, 15) is 14.0 Å². The summed E-state index contributed by atoms with van der Waals surface area (Å²) in [6, 6.07) is 5.69. The molecule has 1 N–H and O–H groups in total. The molecule has 1 aromatic carbocycles. The first-order valence-corrected chi connectivity index (χ1v) is 11.0. The van der Waals surface area contributed by atoms with E-state index in [0.717, 1.165) is 18.5 Å². The maximum Gasteiger partial charge on any atom is 0.338 e. The summed E-state index contributed by atoms with van der Waals surface area (Å²) in [4.78, 5) is 31.9. The third kappa shape index (κ3) is 4.83. The zero-order chi connectivity index (χ0) is 22.0. The third-order valence-corrected chi connectivity index (χ3v) is 6.10. The van der Waals surface area contributed by atoms with Crippen molar-refractivity contribution >= 4 is 28.8 Å². The Morgan fingerprint density at radius 3 is 2.68 bits per heavy atom. The Balaban J connectivity index is 1.66. The van der Waals surface area contributed by atoms with Crippen LogP contribution in [0.4, 0.5) is 4.39 Å². The van der Waals surface area contributed by atoms with Crippen LogP contribution in [0.25, 0.3) is 0 Å². The Morgan fingerprint density at radius 1 is 1.26 bits per heavy atom. The SMILES string of the molecule is COCCOC(=O)C1=C(C)N=C2SC=C(CC(=O)NC3CC3)N2[C@H]1c1ccc(F)cc1. The molecule has 2 heterocycles. The molecule has 0 radical (unpaired) electrons. The predicted molar refractivity (Wildman–Crippen MR) is 115 cm³/mol. The second kappa shape index (κ2) is 9.23. The van der Waals surface area contributed by atoms with E-state index in [4.69, 9.17) is 9.47 Å². The lowest BCUT2D eigenvalue weighted by atomic mass is 9.94. The quantitative estimate of drug-likeness (QED) is 0.489. The Labute approximate surface area is 184 Å². The van der Waals surface area contributed by atoms with Gasteiger partial charge in [-0.25, -0.2) is 14.2 Å². The number of esters is 1. The number of nitrogens with zero attached hydrogens (tertiary/aromatic N) is 2. The third-order valence-electron chi connectivity index (χ3n) is 5.21. The van der Waals surface area contributed by atoms with Crippen molar-refractivity contribution in [1.82, 2.24) is 10.2 Å². The summed E-state index contributed by atoms with van der Waals surface area (Å²) in [5.74, 6) is -0.942. The number of ether oxygens (including phenoxy) is 2. The van der Waals surface area contributed by atoms with Crippen LogP contribution in [-0.4, -0.2) is 48.3 Å². The summed E-state index contributed by atoms with van der Waals surface area (Å²) in [7, 11) is 1.53. The van der Waals surface area contributed by atoms with Gasteiger partial charge in [-0.1, -0.05) is 23.9 Å². The van der Waals surface area contributed by atoms with Gasteiger partial charge in [-0.2, -0.15) is 0 Å². The van der Waals surface area contributed by atoms with Crippen molar-refractivity contribution in [1.29, 1.82) is 0 Å². The number of methoxy groups -OCH3 is 1.